The van der Waals surface area contributed by atoms with Crippen molar-refractivity contribution in [3.05, 3.63) is 76.7 Å². The summed E-state index contributed by atoms with van der Waals surface area (Å²) in [6.07, 6.45) is 4.61. The number of aromatic nitrogens is 2. The quantitative estimate of drug-likeness (QED) is 0.417. The molecule has 0 saturated carbocycles. The highest BCUT2D eigenvalue weighted by atomic mass is 79.9. The van der Waals surface area contributed by atoms with E-state index in [1.165, 1.54) is 18.4 Å². The minimum atomic E-state index is -3.99. The number of rotatable bonds is 4. The van der Waals surface area contributed by atoms with Crippen LogP contribution in [-0.2, 0) is 10.0 Å². The molecule has 0 aliphatic heterocycles. The van der Waals surface area contributed by atoms with Gasteiger partial charge in [0.1, 0.15) is 6.26 Å². The van der Waals surface area contributed by atoms with E-state index in [2.05, 4.69) is 26.1 Å². The summed E-state index contributed by atoms with van der Waals surface area (Å²) in [5.41, 5.74) is 0.364. The molecular formula is C18H11BrClN3O3S. The number of hydrogen-bond acceptors (Lipinski definition) is 5. The molecule has 9 heteroatoms. The number of sulfonamides is 1. The zero-order chi connectivity index (χ0) is 19.0. The molecule has 2 aromatic carbocycles. The summed E-state index contributed by atoms with van der Waals surface area (Å²) in [4.78, 5) is 4.16. The Labute approximate surface area is 168 Å². The Kier molecular flexibility index (Phi) is 4.63. The molecule has 27 heavy (non-hydrogen) atoms. The highest BCUT2D eigenvalue weighted by Gasteiger charge is 2.30. The molecule has 0 atom stereocenters. The highest BCUT2D eigenvalue weighted by molar-refractivity contribution is 9.10. The molecule has 0 aliphatic rings. The normalized spacial score (nSPS) is 11.6. The third-order valence-electron chi connectivity index (χ3n) is 3.91. The van der Waals surface area contributed by atoms with Crippen molar-refractivity contribution >= 4 is 59.8 Å². The van der Waals surface area contributed by atoms with Crippen molar-refractivity contribution in [2.24, 2.45) is 0 Å². The maximum atomic E-state index is 13.5. The number of fused-ring (bicyclic) bond motifs is 1. The third kappa shape index (κ3) is 3.31. The standard InChI is InChI=1S/C18H11BrClN3O3S/c19-16-10-14(20)2-4-17(16)23(18-6-8-26-22-18)27(24,25)15-3-1-13-11-21-7-5-12(13)9-15/h1-11H. The lowest BCUT2D eigenvalue weighted by molar-refractivity contribution is 0.421. The molecule has 4 rings (SSSR count). The van der Waals surface area contributed by atoms with Crippen LogP contribution in [0.3, 0.4) is 0 Å². The van der Waals surface area contributed by atoms with E-state index in [-0.39, 0.29) is 10.7 Å². The zero-order valence-electron chi connectivity index (χ0n) is 13.6. The van der Waals surface area contributed by atoms with Crippen LogP contribution in [0.15, 0.2) is 81.1 Å². The van der Waals surface area contributed by atoms with Crippen LogP contribution < -0.4 is 4.31 Å². The van der Waals surface area contributed by atoms with Gasteiger partial charge in [-0.05, 0) is 57.7 Å². The number of anilines is 2. The van der Waals surface area contributed by atoms with Gasteiger partial charge in [0.2, 0.25) is 0 Å². The zero-order valence-corrected chi connectivity index (χ0v) is 16.7. The second-order valence-electron chi connectivity index (χ2n) is 5.61. The van der Waals surface area contributed by atoms with Crippen molar-refractivity contribution in [2.45, 2.75) is 4.90 Å². The summed E-state index contributed by atoms with van der Waals surface area (Å²) in [5, 5.41) is 5.90. The van der Waals surface area contributed by atoms with E-state index in [9.17, 15) is 8.42 Å². The van der Waals surface area contributed by atoms with Crippen molar-refractivity contribution in [1.29, 1.82) is 0 Å². The summed E-state index contributed by atoms with van der Waals surface area (Å²) < 4.78 is 33.5. The fourth-order valence-electron chi connectivity index (χ4n) is 2.66. The first-order valence-electron chi connectivity index (χ1n) is 7.71. The summed E-state index contributed by atoms with van der Waals surface area (Å²) in [7, 11) is -3.99. The van der Waals surface area contributed by atoms with Crippen LogP contribution in [-0.4, -0.2) is 18.6 Å². The van der Waals surface area contributed by atoms with Gasteiger partial charge in [-0.25, -0.2) is 12.7 Å². The van der Waals surface area contributed by atoms with Crippen LogP contribution in [0.1, 0.15) is 0 Å². The molecule has 6 nitrogen and oxygen atoms in total. The van der Waals surface area contributed by atoms with Crippen molar-refractivity contribution < 1.29 is 12.9 Å². The van der Waals surface area contributed by atoms with Crippen LogP contribution in [0.4, 0.5) is 11.5 Å². The van der Waals surface area contributed by atoms with E-state index in [4.69, 9.17) is 16.1 Å². The van der Waals surface area contributed by atoms with E-state index in [0.717, 1.165) is 15.1 Å². The van der Waals surface area contributed by atoms with Crippen LogP contribution in [0.25, 0.3) is 10.8 Å². The number of benzene rings is 2. The van der Waals surface area contributed by atoms with E-state index in [0.29, 0.717) is 15.2 Å². The van der Waals surface area contributed by atoms with Crippen molar-refractivity contribution in [3.8, 4) is 0 Å². The molecule has 0 N–H and O–H groups in total. The lowest BCUT2D eigenvalue weighted by atomic mass is 10.2. The Morgan fingerprint density at radius 2 is 1.89 bits per heavy atom. The van der Waals surface area contributed by atoms with Gasteiger partial charge in [-0.1, -0.05) is 22.8 Å². The molecular weight excluding hydrogens is 454 g/mol. The van der Waals surface area contributed by atoms with Crippen molar-refractivity contribution in [2.75, 3.05) is 4.31 Å². The molecule has 0 fully saturated rings. The third-order valence-corrected chi connectivity index (χ3v) is 6.50. The molecule has 0 saturated heterocycles. The van der Waals surface area contributed by atoms with E-state index in [1.54, 1.807) is 48.8 Å². The predicted octanol–water partition coefficient (Wildman–Crippen LogP) is 5.17. The maximum Gasteiger partial charge on any atom is 0.270 e. The molecule has 0 amide bonds. The second kappa shape index (κ2) is 6.95. The topological polar surface area (TPSA) is 76.3 Å². The second-order valence-corrected chi connectivity index (χ2v) is 8.68. The van der Waals surface area contributed by atoms with E-state index < -0.39 is 10.0 Å². The molecule has 2 aromatic heterocycles. The molecule has 0 unspecified atom stereocenters. The molecule has 0 radical (unpaired) electrons. The fourth-order valence-corrected chi connectivity index (χ4v) is 5.12. The molecule has 0 spiro atoms. The number of nitrogens with zero attached hydrogens (tertiary/aromatic N) is 3. The Morgan fingerprint density at radius 3 is 2.63 bits per heavy atom. The van der Waals surface area contributed by atoms with Gasteiger partial charge in [-0.15, -0.1) is 0 Å². The van der Waals surface area contributed by atoms with Gasteiger partial charge in [0.05, 0.1) is 10.6 Å². The highest BCUT2D eigenvalue weighted by Crippen LogP contribution is 2.38. The average molecular weight is 465 g/mol. The van der Waals surface area contributed by atoms with Gasteiger partial charge in [0, 0.05) is 33.3 Å². The van der Waals surface area contributed by atoms with Crippen molar-refractivity contribution in [1.82, 2.24) is 10.1 Å². The lowest BCUT2D eigenvalue weighted by Crippen LogP contribution is -2.27. The summed E-state index contributed by atoms with van der Waals surface area (Å²) in [6, 6.07) is 12.9. The summed E-state index contributed by atoms with van der Waals surface area (Å²) in [6.45, 7) is 0. The number of halogens is 2. The van der Waals surface area contributed by atoms with Crippen LogP contribution in [0, 0.1) is 0 Å². The van der Waals surface area contributed by atoms with Gasteiger partial charge < -0.3 is 4.52 Å². The van der Waals surface area contributed by atoms with Gasteiger partial charge >= 0.3 is 0 Å². The SMILES string of the molecule is O=S(=O)(c1ccc2cnccc2c1)N(c1ccon1)c1ccc(Cl)cc1Br. The molecule has 136 valence electrons. The average Bonchev–Trinajstić information content (AvgIpc) is 3.17. The molecule has 0 bridgehead atoms. The van der Waals surface area contributed by atoms with Crippen LogP contribution in [0.5, 0.6) is 0 Å². The minimum absolute atomic E-state index is 0.117. The monoisotopic (exact) mass is 463 g/mol. The van der Waals surface area contributed by atoms with Gasteiger partial charge in [-0.2, -0.15) is 0 Å². The molecule has 2 heterocycles. The number of hydrogen-bond donors (Lipinski definition) is 0. The first kappa shape index (κ1) is 18.0. The number of pyridine rings is 1. The predicted molar refractivity (Wildman–Crippen MR) is 107 cm³/mol. The lowest BCUT2D eigenvalue weighted by Gasteiger charge is -2.23. The Bertz CT molecular complexity index is 1230. The Morgan fingerprint density at radius 1 is 1.04 bits per heavy atom. The van der Waals surface area contributed by atoms with Crippen LogP contribution in [0.2, 0.25) is 5.02 Å². The molecule has 0 aliphatic carbocycles. The Hall–Kier alpha value is -2.42. The first-order valence-corrected chi connectivity index (χ1v) is 10.3. The summed E-state index contributed by atoms with van der Waals surface area (Å²) >= 11 is 9.39. The first-order chi connectivity index (χ1) is 13.0. The van der Waals surface area contributed by atoms with Gasteiger partial charge in [-0.3, -0.25) is 4.98 Å². The largest absolute Gasteiger partial charge is 0.363 e. The van der Waals surface area contributed by atoms with Crippen LogP contribution >= 0.6 is 27.5 Å². The minimum Gasteiger partial charge on any atom is -0.363 e. The van der Waals surface area contributed by atoms with Gasteiger partial charge in [0.25, 0.3) is 10.0 Å². The Balaban J connectivity index is 1.92. The smallest absolute Gasteiger partial charge is 0.270 e. The maximum absolute atomic E-state index is 13.5. The summed E-state index contributed by atoms with van der Waals surface area (Å²) in [5.74, 6) is 0.132. The van der Waals surface area contributed by atoms with E-state index >= 15 is 0 Å². The van der Waals surface area contributed by atoms with Crippen molar-refractivity contribution in [3.63, 3.8) is 0 Å². The fraction of sp³-hybridized carbons (Fsp3) is 0. The molecule has 4 aromatic rings. The van der Waals surface area contributed by atoms with E-state index in [1.807, 2.05) is 0 Å². The van der Waals surface area contributed by atoms with Gasteiger partial charge in [0.15, 0.2) is 5.82 Å².